The van der Waals surface area contributed by atoms with E-state index in [-0.39, 0.29) is 36.3 Å². The fourth-order valence-corrected chi connectivity index (χ4v) is 4.19. The van der Waals surface area contributed by atoms with Crippen molar-refractivity contribution in [3.8, 4) is 11.4 Å². The van der Waals surface area contributed by atoms with Crippen molar-refractivity contribution in [3.05, 3.63) is 63.7 Å². The summed E-state index contributed by atoms with van der Waals surface area (Å²) in [6.07, 6.45) is 0.769. The maximum Gasteiger partial charge on any atom is 0.322 e. The molecule has 2 aromatic carbocycles. The van der Waals surface area contributed by atoms with Crippen LogP contribution in [0.4, 0.5) is 6.01 Å². The van der Waals surface area contributed by atoms with Crippen molar-refractivity contribution >= 4 is 35.3 Å². The fourth-order valence-electron chi connectivity index (χ4n) is 4.01. The monoisotopic (exact) mass is 465 g/mol. The quantitative estimate of drug-likeness (QED) is 0.555. The molecule has 168 valence electrons. The number of carbonyl (C=O) groups is 3. The number of rotatable bonds is 5. The fraction of sp³-hybridized carbons (Fsp3) is 0.261. The highest BCUT2D eigenvalue weighted by Crippen LogP contribution is 2.28. The summed E-state index contributed by atoms with van der Waals surface area (Å²) >= 11 is 6.17. The minimum Gasteiger partial charge on any atom is -0.354 e. The van der Waals surface area contributed by atoms with E-state index in [1.54, 1.807) is 24.3 Å². The molecule has 2 aliphatic rings. The number of aryl methyl sites for hydroxylation is 1. The smallest absolute Gasteiger partial charge is 0.322 e. The van der Waals surface area contributed by atoms with Crippen LogP contribution in [0, 0.1) is 6.92 Å². The van der Waals surface area contributed by atoms with Gasteiger partial charge in [0.25, 0.3) is 11.8 Å². The van der Waals surface area contributed by atoms with Crippen LogP contribution < -0.4 is 10.6 Å². The normalized spacial score (nSPS) is 17.8. The Kier molecular flexibility index (Phi) is 5.33. The second kappa shape index (κ2) is 8.32. The van der Waals surface area contributed by atoms with E-state index in [2.05, 4.69) is 20.8 Å². The number of piperidine rings is 1. The predicted octanol–water partition coefficient (Wildman–Crippen LogP) is 3.19. The molecule has 1 unspecified atom stereocenters. The number of halogens is 1. The van der Waals surface area contributed by atoms with Crippen molar-refractivity contribution in [3.63, 3.8) is 0 Å². The Morgan fingerprint density at radius 2 is 1.97 bits per heavy atom. The number of hydrogen-bond acceptors (Lipinski definition) is 7. The van der Waals surface area contributed by atoms with Crippen molar-refractivity contribution in [2.24, 2.45) is 0 Å². The van der Waals surface area contributed by atoms with Crippen molar-refractivity contribution in [2.45, 2.75) is 32.4 Å². The summed E-state index contributed by atoms with van der Waals surface area (Å²) in [6.45, 7) is 2.52. The van der Waals surface area contributed by atoms with Crippen molar-refractivity contribution in [2.75, 3.05) is 11.9 Å². The molecule has 3 aromatic rings. The summed E-state index contributed by atoms with van der Waals surface area (Å²) in [7, 11) is 0. The van der Waals surface area contributed by atoms with Crippen LogP contribution in [0.25, 0.3) is 11.4 Å². The number of benzene rings is 2. The second-order valence-corrected chi connectivity index (χ2v) is 8.50. The Hall–Kier alpha value is -3.72. The van der Waals surface area contributed by atoms with E-state index in [9.17, 15) is 14.4 Å². The van der Waals surface area contributed by atoms with E-state index in [0.29, 0.717) is 41.4 Å². The molecular weight excluding hydrogens is 446 g/mol. The van der Waals surface area contributed by atoms with Gasteiger partial charge in [0.2, 0.25) is 11.7 Å². The molecule has 1 fully saturated rings. The zero-order valence-corrected chi connectivity index (χ0v) is 18.5. The third kappa shape index (κ3) is 3.95. The maximum absolute atomic E-state index is 12.9. The number of fused-ring (bicyclic) bond motifs is 1. The number of carbonyl (C=O) groups excluding carboxylic acids is 3. The standard InChI is InChI=1S/C23H20ClN5O4/c1-12-2-4-14(9-18(12)24)20-27-23(33-28-20)26-10-13-3-6-16-17(8-13)22(32)29(21(16)31)15-5-7-19(30)25-11-15/h2-4,6,8-9,15H,5,7,10-11H2,1H3,(H,25,30)(H,26,27,28). The molecular formula is C23H20ClN5O4. The highest BCUT2D eigenvalue weighted by molar-refractivity contribution is 6.31. The van der Waals surface area contributed by atoms with E-state index in [1.807, 2.05) is 19.1 Å². The van der Waals surface area contributed by atoms with Gasteiger partial charge >= 0.3 is 6.01 Å². The number of imide groups is 1. The van der Waals surface area contributed by atoms with Gasteiger partial charge in [0.1, 0.15) is 0 Å². The first-order chi connectivity index (χ1) is 15.9. The van der Waals surface area contributed by atoms with E-state index in [4.69, 9.17) is 16.1 Å². The second-order valence-electron chi connectivity index (χ2n) is 8.10. The molecule has 0 radical (unpaired) electrons. The van der Waals surface area contributed by atoms with Crippen LogP contribution in [0.15, 0.2) is 40.9 Å². The molecule has 1 aromatic heterocycles. The van der Waals surface area contributed by atoms with Gasteiger partial charge in [-0.2, -0.15) is 4.98 Å². The summed E-state index contributed by atoms with van der Waals surface area (Å²) in [6, 6.07) is 10.5. The highest BCUT2D eigenvalue weighted by atomic mass is 35.5. The lowest BCUT2D eigenvalue weighted by atomic mass is 10.1. The summed E-state index contributed by atoms with van der Waals surface area (Å²) in [5.41, 5.74) is 3.21. The minimum atomic E-state index is -0.339. The summed E-state index contributed by atoms with van der Waals surface area (Å²) < 4.78 is 5.27. The molecule has 33 heavy (non-hydrogen) atoms. The zero-order chi connectivity index (χ0) is 23.1. The van der Waals surface area contributed by atoms with Crippen LogP contribution in [0.1, 0.15) is 44.7 Å². The Labute approximate surface area is 194 Å². The first-order valence-corrected chi connectivity index (χ1v) is 10.9. The van der Waals surface area contributed by atoms with Crippen LogP contribution in [0.3, 0.4) is 0 Å². The Balaban J connectivity index is 1.28. The van der Waals surface area contributed by atoms with Gasteiger partial charge < -0.3 is 15.2 Å². The molecule has 10 heteroatoms. The number of nitrogens with zero attached hydrogens (tertiary/aromatic N) is 3. The lowest BCUT2D eigenvalue weighted by Crippen LogP contribution is -2.50. The average molecular weight is 466 g/mol. The number of amides is 3. The van der Waals surface area contributed by atoms with Gasteiger partial charge in [0.15, 0.2) is 0 Å². The third-order valence-corrected chi connectivity index (χ3v) is 6.29. The lowest BCUT2D eigenvalue weighted by molar-refractivity contribution is -0.123. The molecule has 0 saturated carbocycles. The molecule has 3 heterocycles. The van der Waals surface area contributed by atoms with Gasteiger partial charge in [-0.15, -0.1) is 0 Å². The first kappa shape index (κ1) is 21.1. The number of hydrogen-bond donors (Lipinski definition) is 2. The largest absolute Gasteiger partial charge is 0.354 e. The zero-order valence-electron chi connectivity index (χ0n) is 17.7. The Bertz CT molecular complexity index is 1280. The van der Waals surface area contributed by atoms with Gasteiger partial charge in [-0.05, 0) is 42.7 Å². The molecule has 0 spiro atoms. The SMILES string of the molecule is Cc1ccc(-c2noc(NCc3ccc4c(c3)C(=O)N(C3CCC(=O)NC3)C4=O)n2)cc1Cl. The topological polar surface area (TPSA) is 117 Å². The number of anilines is 1. The maximum atomic E-state index is 12.9. The third-order valence-electron chi connectivity index (χ3n) is 5.89. The highest BCUT2D eigenvalue weighted by Gasteiger charge is 2.41. The molecule has 5 rings (SSSR count). The van der Waals surface area contributed by atoms with Crippen LogP contribution in [-0.2, 0) is 11.3 Å². The molecule has 1 saturated heterocycles. The minimum absolute atomic E-state index is 0.0640. The molecule has 1 atom stereocenters. The Morgan fingerprint density at radius 1 is 1.15 bits per heavy atom. The van der Waals surface area contributed by atoms with Crippen molar-refractivity contribution < 1.29 is 18.9 Å². The molecule has 3 amide bonds. The summed E-state index contributed by atoms with van der Waals surface area (Å²) in [4.78, 5) is 42.8. The van der Waals surface area contributed by atoms with Gasteiger partial charge in [0, 0.05) is 30.1 Å². The summed E-state index contributed by atoms with van der Waals surface area (Å²) in [5.74, 6) is -0.321. The molecule has 0 aliphatic carbocycles. The molecule has 2 aliphatic heterocycles. The first-order valence-electron chi connectivity index (χ1n) is 10.5. The average Bonchev–Trinajstić information content (AvgIpc) is 3.38. The van der Waals surface area contributed by atoms with Crippen molar-refractivity contribution in [1.29, 1.82) is 0 Å². The van der Waals surface area contributed by atoms with Crippen molar-refractivity contribution in [1.82, 2.24) is 20.4 Å². The van der Waals surface area contributed by atoms with Crippen LogP contribution in [0.5, 0.6) is 0 Å². The number of nitrogens with one attached hydrogen (secondary N) is 2. The Morgan fingerprint density at radius 3 is 2.73 bits per heavy atom. The van der Waals surface area contributed by atoms with Crippen LogP contribution >= 0.6 is 11.6 Å². The summed E-state index contributed by atoms with van der Waals surface area (Å²) in [5, 5.41) is 10.4. The molecule has 9 nitrogen and oxygen atoms in total. The molecule has 0 bridgehead atoms. The van der Waals surface area contributed by atoms with E-state index in [0.717, 1.165) is 16.7 Å². The van der Waals surface area contributed by atoms with Crippen LogP contribution in [0.2, 0.25) is 5.02 Å². The van der Waals surface area contributed by atoms with Gasteiger partial charge in [0.05, 0.1) is 17.2 Å². The van der Waals surface area contributed by atoms with Gasteiger partial charge in [-0.1, -0.05) is 35.0 Å². The van der Waals surface area contributed by atoms with E-state index >= 15 is 0 Å². The van der Waals surface area contributed by atoms with Crippen LogP contribution in [-0.4, -0.2) is 45.3 Å². The number of aromatic nitrogens is 2. The van der Waals surface area contributed by atoms with Gasteiger partial charge in [-0.25, -0.2) is 0 Å². The lowest BCUT2D eigenvalue weighted by Gasteiger charge is -2.29. The van der Waals surface area contributed by atoms with E-state index in [1.165, 1.54) is 4.90 Å². The van der Waals surface area contributed by atoms with Gasteiger partial charge in [-0.3, -0.25) is 19.3 Å². The molecule has 2 N–H and O–H groups in total. The van der Waals surface area contributed by atoms with E-state index < -0.39 is 0 Å². The predicted molar refractivity (Wildman–Crippen MR) is 120 cm³/mol.